The lowest BCUT2D eigenvalue weighted by Crippen LogP contribution is -2.46. The van der Waals surface area contributed by atoms with E-state index in [-0.39, 0.29) is 37.0 Å². The highest BCUT2D eigenvalue weighted by atomic mass is 35.5. The monoisotopic (exact) mass is 806 g/mol. The summed E-state index contributed by atoms with van der Waals surface area (Å²) in [5.74, 6) is 1.86. The summed E-state index contributed by atoms with van der Waals surface area (Å²) in [4.78, 5) is 44.9. The fourth-order valence-corrected chi connectivity index (χ4v) is 7.96. The summed E-state index contributed by atoms with van der Waals surface area (Å²) in [5.41, 5.74) is 3.77. The lowest BCUT2D eigenvalue weighted by molar-refractivity contribution is -0.142. The topological polar surface area (TPSA) is 119 Å². The molecule has 1 aliphatic carbocycles. The molecule has 1 N–H and O–H groups in total. The minimum Gasteiger partial charge on any atom is -0.494 e. The van der Waals surface area contributed by atoms with Gasteiger partial charge in [0.25, 0.3) is 0 Å². The third kappa shape index (κ3) is 11.3. The summed E-state index contributed by atoms with van der Waals surface area (Å²) in [6.07, 6.45) is 3.45. The summed E-state index contributed by atoms with van der Waals surface area (Å²) in [7, 11) is 6.71. The highest BCUT2D eigenvalue weighted by Gasteiger charge is 2.38. The van der Waals surface area contributed by atoms with E-state index < -0.39 is 17.7 Å². The molecule has 5 rings (SSSR count). The number of nitrogens with one attached hydrogen (secondary N) is 1. The first-order valence-electron chi connectivity index (χ1n) is 19.7. The number of ether oxygens (including phenoxy) is 5. The molecule has 3 aromatic carbocycles. The molecule has 1 aliphatic heterocycles. The molecule has 12 nitrogen and oxygen atoms in total. The number of amides is 2. The zero-order valence-corrected chi connectivity index (χ0v) is 35.6. The fourth-order valence-electron chi connectivity index (χ4n) is 7.83. The third-order valence-corrected chi connectivity index (χ3v) is 10.7. The second kappa shape index (κ2) is 19.2. The van der Waals surface area contributed by atoms with Crippen LogP contribution in [0.4, 0.5) is 16.2 Å². The molecule has 1 heterocycles. The van der Waals surface area contributed by atoms with Crippen molar-refractivity contribution in [3.8, 4) is 17.2 Å². The van der Waals surface area contributed by atoms with Gasteiger partial charge in [-0.25, -0.2) is 4.79 Å². The van der Waals surface area contributed by atoms with E-state index in [0.29, 0.717) is 47.0 Å². The minimum atomic E-state index is -0.585. The number of alkyl carbamates (subject to hydrolysis) is 1. The molecule has 13 heteroatoms. The predicted octanol–water partition coefficient (Wildman–Crippen LogP) is 7.82. The maximum atomic E-state index is 14.2. The van der Waals surface area contributed by atoms with Crippen LogP contribution in [0.1, 0.15) is 83.0 Å². The van der Waals surface area contributed by atoms with Gasteiger partial charge in [0.2, 0.25) is 5.91 Å². The summed E-state index contributed by atoms with van der Waals surface area (Å²) < 4.78 is 28.2. The summed E-state index contributed by atoms with van der Waals surface area (Å²) in [5, 5.41) is 3.42. The van der Waals surface area contributed by atoms with Crippen LogP contribution in [-0.4, -0.2) is 95.2 Å². The van der Waals surface area contributed by atoms with Crippen LogP contribution >= 0.6 is 11.6 Å². The van der Waals surface area contributed by atoms with Gasteiger partial charge >= 0.3 is 12.1 Å². The van der Waals surface area contributed by atoms with E-state index in [0.717, 1.165) is 54.6 Å². The van der Waals surface area contributed by atoms with E-state index in [1.54, 1.807) is 14.2 Å². The van der Waals surface area contributed by atoms with Gasteiger partial charge in [-0.1, -0.05) is 23.7 Å². The third-order valence-electron chi connectivity index (χ3n) is 10.5. The number of nitrogens with zero attached hydrogens (tertiary/aromatic N) is 3. The Hall–Kier alpha value is -4.68. The van der Waals surface area contributed by atoms with Gasteiger partial charge in [-0.2, -0.15) is 0 Å². The van der Waals surface area contributed by atoms with E-state index >= 15 is 0 Å². The Kier molecular flexibility index (Phi) is 14.6. The van der Waals surface area contributed by atoms with Crippen LogP contribution in [0.2, 0.25) is 5.02 Å². The van der Waals surface area contributed by atoms with Gasteiger partial charge in [0.1, 0.15) is 11.4 Å². The molecule has 0 unspecified atom stereocenters. The Balaban J connectivity index is 1.32. The van der Waals surface area contributed by atoms with E-state index in [1.165, 1.54) is 7.11 Å². The molecule has 3 aromatic rings. The van der Waals surface area contributed by atoms with Crippen molar-refractivity contribution in [3.63, 3.8) is 0 Å². The lowest BCUT2D eigenvalue weighted by Gasteiger charge is -2.39. The Labute approximate surface area is 342 Å². The second-order valence-electron chi connectivity index (χ2n) is 16.1. The van der Waals surface area contributed by atoms with Crippen LogP contribution in [-0.2, 0) is 25.5 Å². The SMILES string of the molecule is COC(=O)CN(CCNC(=O)OC(C)(C)C)C1CCC(CN(C)c2ccc(N3C(=O)Cc4cc(OC)c(OC(C)C)cc4[C@@H]3c3ccc(Cl)cc3)c(OC)c2)CC1. The molecular formula is C44H59ClN4O8. The number of carbonyl (C=O) groups excluding carboxylic acids is 3. The summed E-state index contributed by atoms with van der Waals surface area (Å²) in [6.45, 7) is 11.3. The van der Waals surface area contributed by atoms with Gasteiger partial charge in [0, 0.05) is 49.5 Å². The van der Waals surface area contributed by atoms with Crippen LogP contribution in [0.25, 0.3) is 0 Å². The Morgan fingerprint density at radius 1 is 0.930 bits per heavy atom. The van der Waals surface area contributed by atoms with Crippen molar-refractivity contribution < 1.29 is 38.1 Å². The zero-order valence-electron chi connectivity index (χ0n) is 34.9. The molecule has 0 bridgehead atoms. The van der Waals surface area contributed by atoms with Crippen LogP contribution in [0.5, 0.6) is 17.2 Å². The Morgan fingerprint density at radius 2 is 1.61 bits per heavy atom. The fraction of sp³-hybridized carbons (Fsp3) is 0.523. The lowest BCUT2D eigenvalue weighted by atomic mass is 9.85. The maximum Gasteiger partial charge on any atom is 0.407 e. The minimum absolute atomic E-state index is 0.0694. The van der Waals surface area contributed by atoms with Crippen LogP contribution in [0.15, 0.2) is 54.6 Å². The molecule has 0 radical (unpaired) electrons. The molecule has 57 heavy (non-hydrogen) atoms. The number of carbonyl (C=O) groups is 3. The van der Waals surface area contributed by atoms with Crippen molar-refractivity contribution in [1.82, 2.24) is 10.2 Å². The average molecular weight is 807 g/mol. The number of anilines is 2. The second-order valence-corrected chi connectivity index (χ2v) is 16.6. The number of hydrogen-bond acceptors (Lipinski definition) is 10. The first-order chi connectivity index (χ1) is 27.1. The van der Waals surface area contributed by atoms with Crippen molar-refractivity contribution >= 4 is 40.9 Å². The molecule has 310 valence electrons. The number of rotatable bonds is 15. The highest BCUT2D eigenvalue weighted by Crippen LogP contribution is 2.46. The summed E-state index contributed by atoms with van der Waals surface area (Å²) in [6, 6.07) is 17.2. The average Bonchev–Trinajstić information content (AvgIpc) is 3.16. The van der Waals surface area contributed by atoms with E-state index in [4.69, 9.17) is 35.3 Å². The van der Waals surface area contributed by atoms with E-state index in [2.05, 4.69) is 22.2 Å². The van der Waals surface area contributed by atoms with Gasteiger partial charge in [-0.3, -0.25) is 19.4 Å². The molecule has 2 amide bonds. The van der Waals surface area contributed by atoms with Crippen LogP contribution in [0.3, 0.4) is 0 Å². The van der Waals surface area contributed by atoms with Gasteiger partial charge in [-0.05, 0) is 119 Å². The molecule has 2 aliphatic rings. The van der Waals surface area contributed by atoms with Crippen molar-refractivity contribution in [2.45, 2.75) is 90.5 Å². The molecule has 1 saturated carbocycles. The van der Waals surface area contributed by atoms with Gasteiger partial charge in [-0.15, -0.1) is 0 Å². The van der Waals surface area contributed by atoms with E-state index in [9.17, 15) is 14.4 Å². The molecule has 1 fully saturated rings. The Bertz CT molecular complexity index is 1860. The molecule has 0 aromatic heterocycles. The van der Waals surface area contributed by atoms with Crippen molar-refractivity contribution in [1.29, 1.82) is 0 Å². The van der Waals surface area contributed by atoms with E-state index in [1.807, 2.05) is 94.1 Å². The molecule has 0 spiro atoms. The van der Waals surface area contributed by atoms with Crippen LogP contribution < -0.4 is 29.3 Å². The standard InChI is InChI=1S/C44H59ClN4O8/c1-28(2)56-39-25-35-31(22-38(39)54-8)23-40(50)49(42(35)30-12-14-32(45)15-13-30)36-19-18-34(24-37(36)53-7)47(6)26-29-10-16-33(17-11-29)48(27-41(51)55-9)21-20-46-43(52)57-44(3,4)5/h12-15,18-19,22,24-25,28-29,33,42H,10-11,16-17,20-21,23,26-27H2,1-9H3,(H,46,52)/t29?,33?,42-/m0/s1. The number of hydrogen-bond donors (Lipinski definition) is 1. The normalized spacial score (nSPS) is 18.2. The summed E-state index contributed by atoms with van der Waals surface area (Å²) >= 11 is 6.33. The first-order valence-corrected chi connectivity index (χ1v) is 20.1. The first kappa shape index (κ1) is 43.4. The highest BCUT2D eigenvalue weighted by molar-refractivity contribution is 6.30. The van der Waals surface area contributed by atoms with Crippen molar-refractivity contribution in [2.24, 2.45) is 5.92 Å². The Morgan fingerprint density at radius 3 is 2.23 bits per heavy atom. The van der Waals surface area contributed by atoms with Crippen molar-refractivity contribution in [2.75, 3.05) is 64.4 Å². The van der Waals surface area contributed by atoms with Gasteiger partial charge in [0.15, 0.2) is 11.5 Å². The number of halogens is 1. The number of fused-ring (bicyclic) bond motifs is 1. The quantitative estimate of drug-likeness (QED) is 0.152. The van der Waals surface area contributed by atoms with Crippen molar-refractivity contribution in [3.05, 3.63) is 76.3 Å². The molecular weight excluding hydrogens is 748 g/mol. The smallest absolute Gasteiger partial charge is 0.407 e. The molecule has 1 atom stereocenters. The molecule has 0 saturated heterocycles. The van der Waals surface area contributed by atoms with Gasteiger partial charge < -0.3 is 33.9 Å². The number of methoxy groups -OCH3 is 3. The zero-order chi connectivity index (χ0) is 41.4. The van der Waals surface area contributed by atoms with Gasteiger partial charge in [0.05, 0.1) is 52.1 Å². The maximum absolute atomic E-state index is 14.2. The number of esters is 1. The number of benzene rings is 3. The predicted molar refractivity (Wildman–Crippen MR) is 223 cm³/mol. The largest absolute Gasteiger partial charge is 0.494 e. The van der Waals surface area contributed by atoms with Crippen LogP contribution in [0, 0.1) is 5.92 Å².